The first kappa shape index (κ1) is 11.6. The Bertz CT molecular complexity index is 377. The smallest absolute Gasteiger partial charge is 0.253 e. The lowest BCUT2D eigenvalue weighted by atomic mass is 10.2. The number of hydrogen-bond donors (Lipinski definition) is 1. The monoisotopic (exact) mass is 283 g/mol. The molecule has 0 radical (unpaired) electrons. The summed E-state index contributed by atoms with van der Waals surface area (Å²) in [7, 11) is 0. The standard InChI is InChI=1S/C12H14BrNO2/c1-8-2-7-11(16-8)12(15)14-10-5-3-9(13)4-6-10/h3-6,8,11H,2,7H2,1H3,(H,14,15). The molecule has 0 aromatic heterocycles. The Morgan fingerprint density at radius 1 is 1.38 bits per heavy atom. The summed E-state index contributed by atoms with van der Waals surface area (Å²) in [6.07, 6.45) is 1.67. The predicted octanol–water partition coefficient (Wildman–Crippen LogP) is 2.96. The van der Waals surface area contributed by atoms with Crippen LogP contribution in [0.25, 0.3) is 0 Å². The molecule has 2 atom stereocenters. The van der Waals surface area contributed by atoms with Crippen LogP contribution in [0.5, 0.6) is 0 Å². The van der Waals surface area contributed by atoms with Gasteiger partial charge in [0.05, 0.1) is 6.10 Å². The minimum absolute atomic E-state index is 0.0494. The minimum atomic E-state index is -0.293. The Morgan fingerprint density at radius 3 is 2.62 bits per heavy atom. The van der Waals surface area contributed by atoms with E-state index in [1.165, 1.54) is 0 Å². The van der Waals surface area contributed by atoms with Crippen LogP contribution >= 0.6 is 15.9 Å². The summed E-state index contributed by atoms with van der Waals surface area (Å²) in [5, 5.41) is 2.85. The Labute approximate surface area is 103 Å². The summed E-state index contributed by atoms with van der Waals surface area (Å²) in [6, 6.07) is 7.52. The van der Waals surface area contributed by atoms with Gasteiger partial charge in [-0.1, -0.05) is 15.9 Å². The van der Waals surface area contributed by atoms with Gasteiger partial charge in [0, 0.05) is 10.2 Å². The lowest BCUT2D eigenvalue weighted by molar-refractivity contribution is -0.126. The molecular weight excluding hydrogens is 270 g/mol. The van der Waals surface area contributed by atoms with Crippen LogP contribution in [0, 0.1) is 0 Å². The number of anilines is 1. The lowest BCUT2D eigenvalue weighted by Gasteiger charge is -2.11. The third-order valence-electron chi connectivity index (χ3n) is 2.64. The fourth-order valence-electron chi connectivity index (χ4n) is 1.75. The number of carbonyl (C=O) groups excluding carboxylic acids is 1. The molecule has 1 heterocycles. The fraction of sp³-hybridized carbons (Fsp3) is 0.417. The number of rotatable bonds is 2. The van der Waals surface area contributed by atoms with Crippen molar-refractivity contribution in [3.63, 3.8) is 0 Å². The van der Waals surface area contributed by atoms with Crippen molar-refractivity contribution >= 4 is 27.5 Å². The van der Waals surface area contributed by atoms with E-state index in [-0.39, 0.29) is 18.1 Å². The van der Waals surface area contributed by atoms with Crippen LogP contribution in [0.2, 0.25) is 0 Å². The summed E-state index contributed by atoms with van der Waals surface area (Å²) >= 11 is 3.35. The van der Waals surface area contributed by atoms with Gasteiger partial charge in [-0.2, -0.15) is 0 Å². The van der Waals surface area contributed by atoms with Crippen LogP contribution in [0.4, 0.5) is 5.69 Å². The second-order valence-corrected chi connectivity index (χ2v) is 4.92. The molecule has 0 aliphatic carbocycles. The van der Waals surface area contributed by atoms with E-state index in [1.807, 2.05) is 31.2 Å². The highest BCUT2D eigenvalue weighted by Crippen LogP contribution is 2.21. The molecule has 2 rings (SSSR count). The Balaban J connectivity index is 1.94. The summed E-state index contributed by atoms with van der Waals surface area (Å²) in [4.78, 5) is 11.8. The van der Waals surface area contributed by atoms with Crippen LogP contribution in [-0.4, -0.2) is 18.1 Å². The van der Waals surface area contributed by atoms with Crippen molar-refractivity contribution in [2.75, 3.05) is 5.32 Å². The molecule has 1 aliphatic heterocycles. The van der Waals surface area contributed by atoms with E-state index in [9.17, 15) is 4.79 Å². The largest absolute Gasteiger partial charge is 0.365 e. The van der Waals surface area contributed by atoms with Gasteiger partial charge in [-0.05, 0) is 44.0 Å². The van der Waals surface area contributed by atoms with E-state index in [0.29, 0.717) is 0 Å². The van der Waals surface area contributed by atoms with Crippen molar-refractivity contribution in [1.29, 1.82) is 0 Å². The first-order chi connectivity index (χ1) is 7.65. The van der Waals surface area contributed by atoms with Crippen molar-refractivity contribution < 1.29 is 9.53 Å². The van der Waals surface area contributed by atoms with E-state index < -0.39 is 0 Å². The number of hydrogen-bond acceptors (Lipinski definition) is 2. The molecule has 0 spiro atoms. The van der Waals surface area contributed by atoms with E-state index in [4.69, 9.17) is 4.74 Å². The summed E-state index contributed by atoms with van der Waals surface area (Å²) < 4.78 is 6.49. The third-order valence-corrected chi connectivity index (χ3v) is 3.16. The highest BCUT2D eigenvalue weighted by atomic mass is 79.9. The molecule has 1 amide bonds. The molecule has 1 aromatic rings. The van der Waals surface area contributed by atoms with Crippen molar-refractivity contribution in [3.05, 3.63) is 28.7 Å². The highest BCUT2D eigenvalue weighted by Gasteiger charge is 2.27. The van der Waals surface area contributed by atoms with Gasteiger partial charge in [0.1, 0.15) is 6.10 Å². The van der Waals surface area contributed by atoms with Gasteiger partial charge < -0.3 is 10.1 Å². The summed E-state index contributed by atoms with van der Waals surface area (Å²) in [5.41, 5.74) is 0.802. The van der Waals surface area contributed by atoms with Crippen molar-refractivity contribution in [3.8, 4) is 0 Å². The van der Waals surface area contributed by atoms with E-state index in [2.05, 4.69) is 21.2 Å². The maximum Gasteiger partial charge on any atom is 0.253 e. The Kier molecular flexibility index (Phi) is 3.61. The maximum atomic E-state index is 11.8. The topological polar surface area (TPSA) is 38.3 Å². The van der Waals surface area contributed by atoms with E-state index in [0.717, 1.165) is 23.0 Å². The molecule has 4 heteroatoms. The van der Waals surface area contributed by atoms with Gasteiger partial charge in [0.25, 0.3) is 5.91 Å². The third kappa shape index (κ3) is 2.83. The first-order valence-electron chi connectivity index (χ1n) is 5.37. The Morgan fingerprint density at radius 2 is 2.06 bits per heavy atom. The predicted molar refractivity (Wildman–Crippen MR) is 66.3 cm³/mol. The van der Waals surface area contributed by atoms with Crippen LogP contribution in [0.15, 0.2) is 28.7 Å². The second kappa shape index (κ2) is 4.97. The molecule has 1 aliphatic rings. The zero-order chi connectivity index (χ0) is 11.5. The quantitative estimate of drug-likeness (QED) is 0.906. The minimum Gasteiger partial charge on any atom is -0.365 e. The Hall–Kier alpha value is -0.870. The van der Waals surface area contributed by atoms with Gasteiger partial charge in [-0.25, -0.2) is 0 Å². The zero-order valence-electron chi connectivity index (χ0n) is 9.07. The number of nitrogens with one attached hydrogen (secondary N) is 1. The van der Waals surface area contributed by atoms with Gasteiger partial charge >= 0.3 is 0 Å². The first-order valence-corrected chi connectivity index (χ1v) is 6.16. The molecule has 1 fully saturated rings. The molecule has 2 unspecified atom stereocenters. The molecule has 16 heavy (non-hydrogen) atoms. The van der Waals surface area contributed by atoms with Crippen LogP contribution < -0.4 is 5.32 Å². The second-order valence-electron chi connectivity index (χ2n) is 4.01. The normalized spacial score (nSPS) is 24.4. The molecule has 1 saturated heterocycles. The molecule has 0 saturated carbocycles. The van der Waals surface area contributed by atoms with Crippen LogP contribution in [0.1, 0.15) is 19.8 Å². The zero-order valence-corrected chi connectivity index (χ0v) is 10.7. The molecule has 0 bridgehead atoms. The summed E-state index contributed by atoms with van der Waals surface area (Å²) in [6.45, 7) is 1.99. The number of benzene rings is 1. The number of ether oxygens (including phenoxy) is 1. The molecule has 86 valence electrons. The highest BCUT2D eigenvalue weighted by molar-refractivity contribution is 9.10. The lowest BCUT2D eigenvalue weighted by Crippen LogP contribution is -2.27. The van der Waals surface area contributed by atoms with Crippen LogP contribution in [-0.2, 0) is 9.53 Å². The number of carbonyl (C=O) groups is 1. The molecule has 3 nitrogen and oxygen atoms in total. The fourth-order valence-corrected chi connectivity index (χ4v) is 2.02. The summed E-state index contributed by atoms with van der Waals surface area (Å²) in [5.74, 6) is -0.0494. The van der Waals surface area contributed by atoms with Crippen molar-refractivity contribution in [2.45, 2.75) is 32.0 Å². The van der Waals surface area contributed by atoms with Gasteiger partial charge in [-0.3, -0.25) is 4.79 Å². The van der Waals surface area contributed by atoms with Gasteiger partial charge in [0.15, 0.2) is 0 Å². The average Bonchev–Trinajstić information content (AvgIpc) is 2.68. The SMILES string of the molecule is CC1CCC(C(=O)Nc2ccc(Br)cc2)O1. The van der Waals surface area contributed by atoms with Gasteiger partial charge in [0.2, 0.25) is 0 Å². The maximum absolute atomic E-state index is 11.8. The number of halogens is 1. The van der Waals surface area contributed by atoms with Crippen molar-refractivity contribution in [2.24, 2.45) is 0 Å². The van der Waals surface area contributed by atoms with E-state index in [1.54, 1.807) is 0 Å². The average molecular weight is 284 g/mol. The molecule has 1 N–H and O–H groups in total. The molecule has 1 aromatic carbocycles. The van der Waals surface area contributed by atoms with Gasteiger partial charge in [-0.15, -0.1) is 0 Å². The van der Waals surface area contributed by atoms with Crippen molar-refractivity contribution in [1.82, 2.24) is 0 Å². The molecular formula is C12H14BrNO2. The number of amides is 1. The van der Waals surface area contributed by atoms with Crippen LogP contribution in [0.3, 0.4) is 0 Å². The van der Waals surface area contributed by atoms with E-state index >= 15 is 0 Å².